The van der Waals surface area contributed by atoms with Gasteiger partial charge in [-0.15, -0.1) is 0 Å². The number of hydrogen-bond donors (Lipinski definition) is 0. The topological polar surface area (TPSA) is 69.7 Å². The summed E-state index contributed by atoms with van der Waals surface area (Å²) in [4.78, 5) is 38.0. The molecule has 1 saturated carbocycles. The predicted octanol–water partition coefficient (Wildman–Crippen LogP) is 3.19. The quantitative estimate of drug-likeness (QED) is 0.432. The lowest BCUT2D eigenvalue weighted by molar-refractivity contribution is -0.160. The van der Waals surface area contributed by atoms with Gasteiger partial charge in [0, 0.05) is 17.9 Å². The van der Waals surface area contributed by atoms with Crippen LogP contribution in [0.25, 0.3) is 0 Å². The maximum atomic E-state index is 12.8. The van der Waals surface area contributed by atoms with Crippen LogP contribution in [-0.4, -0.2) is 30.9 Å². The minimum atomic E-state index is -1.42. The van der Waals surface area contributed by atoms with Gasteiger partial charge in [-0.1, -0.05) is 36.9 Å². The standard InChI is InChI=1S/C20H24O5/c1-4-24-18(22)14(3)17(15-10-7-6-8-11-15)20(19(23)25-5-2)13-9-12-16(20)21/h6-8,10-11,17H,3-5,9,12-13H2,1-2H3. The number of esters is 2. The van der Waals surface area contributed by atoms with Crippen molar-refractivity contribution in [2.75, 3.05) is 13.2 Å². The monoisotopic (exact) mass is 344 g/mol. The Hall–Kier alpha value is -2.43. The summed E-state index contributed by atoms with van der Waals surface area (Å²) < 4.78 is 10.3. The van der Waals surface area contributed by atoms with E-state index in [0.29, 0.717) is 18.4 Å². The molecular formula is C20H24O5. The number of carbonyl (C=O) groups is 3. The molecule has 1 aromatic carbocycles. The summed E-state index contributed by atoms with van der Waals surface area (Å²) in [6.07, 6.45) is 1.21. The largest absolute Gasteiger partial charge is 0.465 e. The summed E-state index contributed by atoms with van der Waals surface area (Å²) in [6, 6.07) is 9.03. The lowest BCUT2D eigenvalue weighted by Crippen LogP contribution is -2.44. The van der Waals surface area contributed by atoms with E-state index >= 15 is 0 Å². The summed E-state index contributed by atoms with van der Waals surface area (Å²) in [5, 5.41) is 0. The fraction of sp³-hybridized carbons (Fsp3) is 0.450. The lowest BCUT2D eigenvalue weighted by atomic mass is 9.67. The second-order valence-electron chi connectivity index (χ2n) is 6.06. The van der Waals surface area contributed by atoms with Crippen LogP contribution in [0.3, 0.4) is 0 Å². The molecule has 2 rings (SSSR count). The third-order valence-corrected chi connectivity index (χ3v) is 4.62. The van der Waals surface area contributed by atoms with Gasteiger partial charge in [-0.05, 0) is 32.3 Å². The number of rotatable bonds is 7. The molecule has 5 nitrogen and oxygen atoms in total. The predicted molar refractivity (Wildman–Crippen MR) is 92.9 cm³/mol. The second kappa shape index (κ2) is 8.10. The van der Waals surface area contributed by atoms with E-state index in [1.54, 1.807) is 38.1 Å². The van der Waals surface area contributed by atoms with Crippen molar-refractivity contribution in [3.05, 3.63) is 48.0 Å². The molecule has 0 spiro atoms. The number of benzene rings is 1. The summed E-state index contributed by atoms with van der Waals surface area (Å²) in [5.74, 6) is -2.18. The van der Waals surface area contributed by atoms with Crippen molar-refractivity contribution in [3.63, 3.8) is 0 Å². The van der Waals surface area contributed by atoms with Crippen LogP contribution in [0.5, 0.6) is 0 Å². The van der Waals surface area contributed by atoms with Crippen molar-refractivity contribution < 1.29 is 23.9 Å². The van der Waals surface area contributed by atoms with Gasteiger partial charge in [0.05, 0.1) is 13.2 Å². The van der Waals surface area contributed by atoms with E-state index in [1.165, 1.54) is 0 Å². The van der Waals surface area contributed by atoms with Gasteiger partial charge in [0.2, 0.25) is 0 Å². The Kier molecular flexibility index (Phi) is 6.12. The van der Waals surface area contributed by atoms with Crippen molar-refractivity contribution in [2.24, 2.45) is 5.41 Å². The molecule has 0 bridgehead atoms. The third kappa shape index (κ3) is 3.50. The lowest BCUT2D eigenvalue weighted by Gasteiger charge is -2.34. The van der Waals surface area contributed by atoms with Crippen LogP contribution in [0.1, 0.15) is 44.6 Å². The zero-order chi connectivity index (χ0) is 18.4. The fourth-order valence-electron chi connectivity index (χ4n) is 3.56. The summed E-state index contributed by atoms with van der Waals surface area (Å²) in [7, 11) is 0. The van der Waals surface area contributed by atoms with Crippen LogP contribution in [0.2, 0.25) is 0 Å². The minimum absolute atomic E-state index is 0.108. The van der Waals surface area contributed by atoms with Crippen molar-refractivity contribution in [2.45, 2.75) is 39.0 Å². The fourth-order valence-corrected chi connectivity index (χ4v) is 3.56. The Balaban J connectivity index is 2.59. The van der Waals surface area contributed by atoms with Gasteiger partial charge in [0.15, 0.2) is 5.78 Å². The van der Waals surface area contributed by atoms with Gasteiger partial charge >= 0.3 is 11.9 Å². The summed E-state index contributed by atoms with van der Waals surface area (Å²) >= 11 is 0. The molecule has 0 amide bonds. The van der Waals surface area contributed by atoms with Crippen molar-refractivity contribution >= 4 is 17.7 Å². The molecule has 2 atom stereocenters. The average Bonchev–Trinajstić information content (AvgIpc) is 2.99. The molecule has 0 N–H and O–H groups in total. The highest BCUT2D eigenvalue weighted by Crippen LogP contribution is 2.50. The molecule has 25 heavy (non-hydrogen) atoms. The first kappa shape index (κ1) is 18.9. The van der Waals surface area contributed by atoms with Crippen molar-refractivity contribution in [3.8, 4) is 0 Å². The Morgan fingerprint density at radius 3 is 2.32 bits per heavy atom. The minimum Gasteiger partial charge on any atom is -0.465 e. The van der Waals surface area contributed by atoms with Crippen LogP contribution in [0.15, 0.2) is 42.5 Å². The van der Waals surface area contributed by atoms with Gasteiger partial charge in [-0.25, -0.2) is 4.79 Å². The van der Waals surface area contributed by atoms with Crippen molar-refractivity contribution in [1.82, 2.24) is 0 Å². The SMILES string of the molecule is C=C(C(=O)OCC)C(c1ccccc1)C1(C(=O)OCC)CCCC1=O. The third-order valence-electron chi connectivity index (χ3n) is 4.62. The number of hydrogen-bond acceptors (Lipinski definition) is 5. The van der Waals surface area contributed by atoms with Gasteiger partial charge in [0.1, 0.15) is 5.41 Å². The molecule has 1 aliphatic rings. The number of Topliss-reactive ketones (excluding diaryl/α,β-unsaturated/α-hetero) is 1. The molecule has 134 valence electrons. The molecule has 0 aliphatic heterocycles. The molecule has 0 saturated heterocycles. The van der Waals surface area contributed by atoms with E-state index in [1.807, 2.05) is 6.07 Å². The van der Waals surface area contributed by atoms with Gasteiger partial charge in [-0.2, -0.15) is 0 Å². The zero-order valence-electron chi connectivity index (χ0n) is 14.7. The Bertz CT molecular complexity index is 664. The molecule has 1 aliphatic carbocycles. The molecular weight excluding hydrogens is 320 g/mol. The number of carbonyl (C=O) groups excluding carboxylic acids is 3. The van der Waals surface area contributed by atoms with Crippen LogP contribution < -0.4 is 0 Å². The molecule has 0 radical (unpaired) electrons. The van der Waals surface area contributed by atoms with E-state index in [-0.39, 0.29) is 31.0 Å². The van der Waals surface area contributed by atoms with Crippen LogP contribution in [0.4, 0.5) is 0 Å². The molecule has 0 aromatic heterocycles. The van der Waals surface area contributed by atoms with Gasteiger partial charge < -0.3 is 9.47 Å². The van der Waals surface area contributed by atoms with Gasteiger partial charge in [-0.3, -0.25) is 9.59 Å². The maximum absolute atomic E-state index is 12.8. The summed E-state index contributed by atoms with van der Waals surface area (Å²) in [5.41, 5.74) is -0.624. The van der Waals surface area contributed by atoms with E-state index in [9.17, 15) is 14.4 Å². The first-order valence-corrected chi connectivity index (χ1v) is 8.60. The number of ether oxygens (including phenoxy) is 2. The molecule has 1 fully saturated rings. The Morgan fingerprint density at radius 2 is 1.80 bits per heavy atom. The van der Waals surface area contributed by atoms with Crippen LogP contribution in [0, 0.1) is 5.41 Å². The van der Waals surface area contributed by atoms with Crippen molar-refractivity contribution in [1.29, 1.82) is 0 Å². The normalized spacial score (nSPS) is 20.8. The van der Waals surface area contributed by atoms with Crippen LogP contribution in [-0.2, 0) is 23.9 Å². The Morgan fingerprint density at radius 1 is 1.16 bits per heavy atom. The van der Waals surface area contributed by atoms with Crippen LogP contribution >= 0.6 is 0 Å². The molecule has 2 unspecified atom stereocenters. The Labute approximate surface area is 148 Å². The highest BCUT2D eigenvalue weighted by Gasteiger charge is 2.57. The highest BCUT2D eigenvalue weighted by atomic mass is 16.5. The average molecular weight is 344 g/mol. The van der Waals surface area contributed by atoms with E-state index < -0.39 is 23.3 Å². The van der Waals surface area contributed by atoms with E-state index in [4.69, 9.17) is 9.47 Å². The smallest absolute Gasteiger partial charge is 0.334 e. The highest BCUT2D eigenvalue weighted by molar-refractivity contribution is 6.08. The molecule has 5 heteroatoms. The molecule has 0 heterocycles. The first-order chi connectivity index (χ1) is 12.0. The maximum Gasteiger partial charge on any atom is 0.334 e. The second-order valence-corrected chi connectivity index (χ2v) is 6.06. The van der Waals surface area contributed by atoms with E-state index in [2.05, 4.69) is 6.58 Å². The summed E-state index contributed by atoms with van der Waals surface area (Å²) in [6.45, 7) is 7.64. The zero-order valence-corrected chi connectivity index (χ0v) is 14.7. The number of ketones is 1. The van der Waals surface area contributed by atoms with E-state index in [0.717, 1.165) is 0 Å². The van der Waals surface area contributed by atoms with Gasteiger partial charge in [0.25, 0.3) is 0 Å². The first-order valence-electron chi connectivity index (χ1n) is 8.60. The molecule has 1 aromatic rings.